The zero-order valence-corrected chi connectivity index (χ0v) is 15.0. The molecule has 0 spiro atoms. The Morgan fingerprint density at radius 3 is 1.83 bits per heavy atom. The average molecular weight is 456 g/mol. The van der Waals surface area contributed by atoms with Crippen molar-refractivity contribution in [1.29, 1.82) is 0 Å². The fourth-order valence-electron chi connectivity index (χ4n) is 3.02. The highest BCUT2D eigenvalue weighted by Gasteiger charge is 2.77. The second-order valence-electron chi connectivity index (χ2n) is 7.18. The number of carbonyl (C=O) groups excluding carboxylic acids is 1. The number of ether oxygens (including phenoxy) is 1. The van der Waals surface area contributed by atoms with E-state index in [4.69, 9.17) is 0 Å². The van der Waals surface area contributed by atoms with Gasteiger partial charge in [0.15, 0.2) is 6.10 Å². The summed E-state index contributed by atoms with van der Waals surface area (Å²) in [5.41, 5.74) is -4.61. The molecule has 1 rings (SSSR count). The number of carbonyl (C=O) groups is 1. The summed E-state index contributed by atoms with van der Waals surface area (Å²) in [6.07, 6.45) is -12.8. The van der Waals surface area contributed by atoms with Gasteiger partial charge < -0.3 is 4.74 Å². The molecule has 0 bridgehead atoms. The van der Waals surface area contributed by atoms with Crippen LogP contribution in [0, 0.1) is 11.8 Å². The minimum Gasteiger partial charge on any atom is -0.456 e. The Bertz CT molecular complexity index is 624. The van der Waals surface area contributed by atoms with E-state index >= 15 is 0 Å². The third kappa shape index (κ3) is 3.99. The Balaban J connectivity index is 3.21. The van der Waals surface area contributed by atoms with Crippen molar-refractivity contribution in [3.05, 3.63) is 0 Å². The van der Waals surface area contributed by atoms with Crippen LogP contribution >= 0.6 is 0 Å². The third-order valence-corrected chi connectivity index (χ3v) is 4.79. The van der Waals surface area contributed by atoms with E-state index in [9.17, 15) is 57.5 Å². The van der Waals surface area contributed by atoms with E-state index in [0.717, 1.165) is 6.92 Å². The van der Waals surface area contributed by atoms with Crippen molar-refractivity contribution < 1.29 is 62.2 Å². The molecule has 1 fully saturated rings. The first kappa shape index (κ1) is 25.7. The lowest BCUT2D eigenvalue weighted by atomic mass is 9.68. The lowest BCUT2D eigenvalue weighted by molar-refractivity contribution is -0.370. The predicted octanol–water partition coefficient (Wildman–Crippen LogP) is 5.80. The van der Waals surface area contributed by atoms with Gasteiger partial charge in [-0.1, -0.05) is 6.92 Å². The van der Waals surface area contributed by atoms with Crippen molar-refractivity contribution in [3.8, 4) is 0 Å². The van der Waals surface area contributed by atoms with Crippen molar-refractivity contribution in [2.45, 2.75) is 75.3 Å². The normalized spacial score (nSPS) is 30.0. The van der Waals surface area contributed by atoms with Gasteiger partial charge in [-0.15, -0.1) is 0 Å². The minimum absolute atomic E-state index is 0.126. The molecular formula is C15H16F12O2. The Hall–Kier alpha value is -1.37. The topological polar surface area (TPSA) is 26.3 Å². The molecule has 0 aromatic heterocycles. The van der Waals surface area contributed by atoms with Crippen LogP contribution in [-0.2, 0) is 9.53 Å². The van der Waals surface area contributed by atoms with Crippen molar-refractivity contribution in [1.82, 2.24) is 0 Å². The quantitative estimate of drug-likeness (QED) is 0.387. The second-order valence-corrected chi connectivity index (χ2v) is 7.18. The summed E-state index contributed by atoms with van der Waals surface area (Å²) in [5.74, 6) is -29.6. The maximum atomic E-state index is 14.5. The second kappa shape index (κ2) is 7.10. The van der Waals surface area contributed by atoms with Gasteiger partial charge in [-0.25, -0.2) is 22.0 Å². The summed E-state index contributed by atoms with van der Waals surface area (Å²) < 4.78 is 163. The molecule has 0 amide bonds. The highest BCUT2D eigenvalue weighted by molar-refractivity contribution is 5.74. The molecule has 1 aliphatic carbocycles. The maximum Gasteiger partial charge on any atom is 0.460 e. The monoisotopic (exact) mass is 456 g/mol. The number of rotatable bonds is 5. The fraction of sp³-hybridized carbons (Fsp3) is 0.933. The summed E-state index contributed by atoms with van der Waals surface area (Å²) in [5, 5.41) is 0. The van der Waals surface area contributed by atoms with Crippen LogP contribution in [-0.4, -0.2) is 47.6 Å². The standard InChI is InChI=1S/C15H16F12O2/c1-6-4-8(13(21,22)11(18,5-6)10(3,16)17)9(28)29-7(2)12(19,20)14(23,24)15(25,26)27/h6-8H,4-5H2,1-3H3. The molecular weight excluding hydrogens is 440 g/mol. The molecule has 0 aromatic rings. The summed E-state index contributed by atoms with van der Waals surface area (Å²) in [4.78, 5) is 11.8. The Morgan fingerprint density at radius 2 is 1.45 bits per heavy atom. The van der Waals surface area contributed by atoms with Crippen LogP contribution in [0.2, 0.25) is 0 Å². The molecule has 2 nitrogen and oxygen atoms in total. The number of hydrogen-bond donors (Lipinski definition) is 0. The molecule has 4 atom stereocenters. The first-order valence-electron chi connectivity index (χ1n) is 8.01. The molecule has 0 aliphatic heterocycles. The molecule has 172 valence electrons. The molecule has 0 saturated heterocycles. The van der Waals surface area contributed by atoms with E-state index in [1.54, 1.807) is 0 Å². The average Bonchev–Trinajstić information content (AvgIpc) is 2.48. The van der Waals surface area contributed by atoms with Gasteiger partial charge in [-0.05, 0) is 25.7 Å². The van der Waals surface area contributed by atoms with Crippen LogP contribution in [0.3, 0.4) is 0 Å². The highest BCUT2D eigenvalue weighted by Crippen LogP contribution is 2.57. The van der Waals surface area contributed by atoms with E-state index in [0.29, 0.717) is 0 Å². The zero-order valence-electron chi connectivity index (χ0n) is 15.0. The van der Waals surface area contributed by atoms with Crippen LogP contribution in [0.4, 0.5) is 52.7 Å². The van der Waals surface area contributed by atoms with Gasteiger partial charge in [-0.3, -0.25) is 4.79 Å². The molecule has 14 heteroatoms. The van der Waals surface area contributed by atoms with Crippen LogP contribution in [0.1, 0.15) is 33.6 Å². The van der Waals surface area contributed by atoms with E-state index in [2.05, 4.69) is 4.74 Å². The van der Waals surface area contributed by atoms with Crippen LogP contribution in [0.25, 0.3) is 0 Å². The van der Waals surface area contributed by atoms with Crippen LogP contribution in [0.5, 0.6) is 0 Å². The van der Waals surface area contributed by atoms with Crippen molar-refractivity contribution >= 4 is 5.97 Å². The van der Waals surface area contributed by atoms with Crippen molar-refractivity contribution in [2.75, 3.05) is 0 Å². The zero-order chi connectivity index (χ0) is 23.4. The molecule has 0 aromatic carbocycles. The molecule has 0 N–H and O–H groups in total. The van der Waals surface area contributed by atoms with Gasteiger partial charge >= 0.3 is 29.9 Å². The summed E-state index contributed by atoms with van der Waals surface area (Å²) in [7, 11) is 0. The minimum atomic E-state index is -6.78. The van der Waals surface area contributed by atoms with Gasteiger partial charge in [0.05, 0.1) is 0 Å². The van der Waals surface area contributed by atoms with Crippen LogP contribution < -0.4 is 0 Å². The summed E-state index contributed by atoms with van der Waals surface area (Å²) in [6.45, 7) is 0.645. The van der Waals surface area contributed by atoms with E-state index in [-0.39, 0.29) is 13.8 Å². The molecule has 1 saturated carbocycles. The Kier molecular flexibility index (Phi) is 6.29. The molecule has 0 radical (unpaired) electrons. The Morgan fingerprint density at radius 1 is 1.00 bits per heavy atom. The van der Waals surface area contributed by atoms with E-state index in [1.165, 1.54) is 0 Å². The summed E-state index contributed by atoms with van der Waals surface area (Å²) in [6, 6.07) is 0. The van der Waals surface area contributed by atoms with Gasteiger partial charge in [0, 0.05) is 6.92 Å². The number of alkyl halides is 12. The summed E-state index contributed by atoms with van der Waals surface area (Å²) >= 11 is 0. The van der Waals surface area contributed by atoms with Gasteiger partial charge in [-0.2, -0.15) is 30.7 Å². The number of halogens is 12. The predicted molar refractivity (Wildman–Crippen MR) is 72.8 cm³/mol. The van der Waals surface area contributed by atoms with E-state index < -0.39 is 72.3 Å². The molecule has 4 unspecified atom stereocenters. The van der Waals surface area contributed by atoms with Gasteiger partial charge in [0.1, 0.15) is 5.92 Å². The van der Waals surface area contributed by atoms with Gasteiger partial charge in [0.25, 0.3) is 5.92 Å². The first-order valence-corrected chi connectivity index (χ1v) is 8.01. The number of hydrogen-bond acceptors (Lipinski definition) is 2. The van der Waals surface area contributed by atoms with Crippen molar-refractivity contribution in [2.24, 2.45) is 11.8 Å². The molecule has 1 aliphatic rings. The fourth-order valence-corrected chi connectivity index (χ4v) is 3.02. The SMILES string of the molecule is CC1CC(C(=O)OC(C)C(F)(F)C(F)(F)C(F)(F)F)C(F)(F)C(F)(C(C)(F)F)C1. The lowest BCUT2D eigenvalue weighted by Gasteiger charge is -2.46. The number of esters is 1. The molecule has 0 heterocycles. The Labute approximate surface area is 156 Å². The van der Waals surface area contributed by atoms with Crippen molar-refractivity contribution in [3.63, 3.8) is 0 Å². The third-order valence-electron chi connectivity index (χ3n) is 4.79. The largest absolute Gasteiger partial charge is 0.460 e. The van der Waals surface area contributed by atoms with Crippen LogP contribution in [0.15, 0.2) is 0 Å². The lowest BCUT2D eigenvalue weighted by Crippen LogP contribution is -2.64. The molecule has 29 heavy (non-hydrogen) atoms. The smallest absolute Gasteiger partial charge is 0.456 e. The van der Waals surface area contributed by atoms with Gasteiger partial charge in [0.2, 0.25) is 5.67 Å². The highest BCUT2D eigenvalue weighted by atomic mass is 19.4. The van der Waals surface area contributed by atoms with E-state index in [1.807, 2.05) is 0 Å². The first-order chi connectivity index (χ1) is 12.5. The maximum absolute atomic E-state index is 14.5.